The van der Waals surface area contributed by atoms with Crippen molar-refractivity contribution in [3.05, 3.63) is 23.8 Å². The van der Waals surface area contributed by atoms with Crippen LogP contribution >= 0.6 is 12.2 Å². The highest BCUT2D eigenvalue weighted by Gasteiger charge is 2.16. The van der Waals surface area contributed by atoms with Gasteiger partial charge in [-0.1, -0.05) is 18.3 Å². The van der Waals surface area contributed by atoms with Gasteiger partial charge in [0.1, 0.15) is 0 Å². The lowest BCUT2D eigenvalue weighted by atomic mass is 10.1. The molecule has 20 heavy (non-hydrogen) atoms. The number of nitrogens with zero attached hydrogens (tertiary/aromatic N) is 1. The Morgan fingerprint density at radius 1 is 1.05 bits per heavy atom. The zero-order valence-electron chi connectivity index (χ0n) is 11.5. The van der Waals surface area contributed by atoms with Gasteiger partial charge in [0, 0.05) is 25.9 Å². The third-order valence-corrected chi connectivity index (χ3v) is 3.93. The topological polar surface area (TPSA) is 30.9 Å². The van der Waals surface area contributed by atoms with Crippen LogP contribution in [0, 0.1) is 0 Å². The summed E-state index contributed by atoms with van der Waals surface area (Å²) in [5, 5.41) is 0. The molecule has 0 spiro atoms. The van der Waals surface area contributed by atoms with Crippen LogP contribution in [0.1, 0.15) is 12.0 Å². The zero-order valence-corrected chi connectivity index (χ0v) is 12.3. The van der Waals surface area contributed by atoms with Crippen LogP contribution in [0.5, 0.6) is 11.5 Å². The molecule has 1 fully saturated rings. The molecule has 1 aromatic carbocycles. The average molecular weight is 293 g/mol. The van der Waals surface area contributed by atoms with Crippen molar-refractivity contribution in [1.82, 2.24) is 4.90 Å². The SMILES string of the molecule is S=C(Cc1ccc2c(c1)OCCCO2)N1CCOCC1. The largest absolute Gasteiger partial charge is 0.490 e. The summed E-state index contributed by atoms with van der Waals surface area (Å²) in [5.41, 5.74) is 1.17. The van der Waals surface area contributed by atoms with Gasteiger partial charge in [-0.25, -0.2) is 0 Å². The molecule has 0 bridgehead atoms. The van der Waals surface area contributed by atoms with Crippen LogP contribution in [0.25, 0.3) is 0 Å². The summed E-state index contributed by atoms with van der Waals surface area (Å²) in [6.07, 6.45) is 1.70. The zero-order chi connectivity index (χ0) is 13.8. The summed E-state index contributed by atoms with van der Waals surface area (Å²) in [7, 11) is 0. The summed E-state index contributed by atoms with van der Waals surface area (Å²) < 4.78 is 16.7. The van der Waals surface area contributed by atoms with E-state index in [9.17, 15) is 0 Å². The molecule has 0 unspecified atom stereocenters. The molecule has 2 heterocycles. The second kappa shape index (κ2) is 6.41. The predicted molar refractivity (Wildman–Crippen MR) is 80.7 cm³/mol. The van der Waals surface area contributed by atoms with Crippen LogP contribution in [0.3, 0.4) is 0 Å². The van der Waals surface area contributed by atoms with Gasteiger partial charge in [-0.3, -0.25) is 0 Å². The number of fused-ring (bicyclic) bond motifs is 1. The maximum atomic E-state index is 5.71. The van der Waals surface area contributed by atoms with E-state index < -0.39 is 0 Å². The number of thiocarbonyl (C=S) groups is 1. The van der Waals surface area contributed by atoms with E-state index in [0.717, 1.165) is 62.2 Å². The molecule has 3 rings (SSSR count). The summed E-state index contributed by atoms with van der Waals surface area (Å²) in [4.78, 5) is 3.20. The number of ether oxygens (including phenoxy) is 3. The van der Waals surface area contributed by atoms with E-state index in [4.69, 9.17) is 26.4 Å². The van der Waals surface area contributed by atoms with Gasteiger partial charge in [0.2, 0.25) is 0 Å². The quantitative estimate of drug-likeness (QED) is 0.779. The van der Waals surface area contributed by atoms with E-state index in [-0.39, 0.29) is 0 Å². The third kappa shape index (κ3) is 3.22. The summed E-state index contributed by atoms with van der Waals surface area (Å²) in [6, 6.07) is 6.10. The summed E-state index contributed by atoms with van der Waals surface area (Å²) in [6.45, 7) is 4.75. The number of hydrogen-bond acceptors (Lipinski definition) is 4. The van der Waals surface area contributed by atoms with Gasteiger partial charge in [-0.2, -0.15) is 0 Å². The van der Waals surface area contributed by atoms with Crippen LogP contribution in [0.2, 0.25) is 0 Å². The molecule has 5 heteroatoms. The Labute approximate surface area is 124 Å². The number of rotatable bonds is 2. The van der Waals surface area contributed by atoms with E-state index >= 15 is 0 Å². The Morgan fingerprint density at radius 2 is 1.80 bits per heavy atom. The molecular formula is C15H19NO3S. The third-order valence-electron chi connectivity index (χ3n) is 3.53. The summed E-state index contributed by atoms with van der Waals surface area (Å²) in [5.74, 6) is 1.67. The van der Waals surface area contributed by atoms with E-state index in [0.29, 0.717) is 6.61 Å². The molecule has 0 radical (unpaired) electrons. The van der Waals surface area contributed by atoms with Crippen molar-refractivity contribution in [1.29, 1.82) is 0 Å². The molecule has 2 aliphatic rings. The van der Waals surface area contributed by atoms with Crippen LogP contribution in [0.4, 0.5) is 0 Å². The smallest absolute Gasteiger partial charge is 0.161 e. The van der Waals surface area contributed by atoms with Crippen molar-refractivity contribution in [3.8, 4) is 11.5 Å². The van der Waals surface area contributed by atoms with Crippen molar-refractivity contribution in [3.63, 3.8) is 0 Å². The first-order valence-corrected chi connectivity index (χ1v) is 7.48. The number of morpholine rings is 1. The highest BCUT2D eigenvalue weighted by molar-refractivity contribution is 7.80. The van der Waals surface area contributed by atoms with E-state index in [1.165, 1.54) is 5.56 Å². The van der Waals surface area contributed by atoms with E-state index in [2.05, 4.69) is 11.0 Å². The van der Waals surface area contributed by atoms with Crippen molar-refractivity contribution in [2.75, 3.05) is 39.5 Å². The Hall–Kier alpha value is -1.33. The first-order valence-electron chi connectivity index (χ1n) is 7.07. The molecule has 4 nitrogen and oxygen atoms in total. The van der Waals surface area contributed by atoms with Crippen LogP contribution in [0.15, 0.2) is 18.2 Å². The first-order chi connectivity index (χ1) is 9.83. The number of benzene rings is 1. The van der Waals surface area contributed by atoms with Gasteiger partial charge in [-0.05, 0) is 17.7 Å². The molecule has 0 amide bonds. The maximum absolute atomic E-state index is 5.71. The van der Waals surface area contributed by atoms with Crippen molar-refractivity contribution < 1.29 is 14.2 Å². The number of hydrogen-bond donors (Lipinski definition) is 0. The molecule has 1 aromatic rings. The molecule has 108 valence electrons. The monoisotopic (exact) mass is 293 g/mol. The van der Waals surface area contributed by atoms with Gasteiger partial charge >= 0.3 is 0 Å². The molecule has 1 saturated heterocycles. The Bertz CT molecular complexity index is 486. The molecule has 2 aliphatic heterocycles. The molecule has 0 saturated carbocycles. The fourth-order valence-electron chi connectivity index (χ4n) is 2.42. The average Bonchev–Trinajstić information content (AvgIpc) is 2.73. The van der Waals surface area contributed by atoms with Crippen molar-refractivity contribution >= 4 is 17.2 Å². The lowest BCUT2D eigenvalue weighted by molar-refractivity contribution is 0.0684. The van der Waals surface area contributed by atoms with Crippen LogP contribution < -0.4 is 9.47 Å². The van der Waals surface area contributed by atoms with Gasteiger partial charge in [0.05, 0.1) is 31.4 Å². The molecule has 0 aliphatic carbocycles. The minimum atomic E-state index is 0.713. The second-order valence-electron chi connectivity index (χ2n) is 5.00. The van der Waals surface area contributed by atoms with Crippen LogP contribution in [-0.4, -0.2) is 49.4 Å². The van der Waals surface area contributed by atoms with Gasteiger partial charge in [0.15, 0.2) is 11.5 Å². The van der Waals surface area contributed by atoms with Gasteiger partial charge in [0.25, 0.3) is 0 Å². The fourth-order valence-corrected chi connectivity index (χ4v) is 2.77. The predicted octanol–water partition coefficient (Wildman–Crippen LogP) is 2.05. The summed E-state index contributed by atoms with van der Waals surface area (Å²) >= 11 is 5.54. The molecular weight excluding hydrogens is 274 g/mol. The molecule has 0 atom stereocenters. The fraction of sp³-hybridized carbons (Fsp3) is 0.533. The standard InChI is InChI=1S/C15H19NO3S/c20-15(16-4-8-17-9-5-16)11-12-2-3-13-14(10-12)19-7-1-6-18-13/h2-3,10H,1,4-9,11H2. The van der Waals surface area contributed by atoms with E-state index in [1.807, 2.05) is 12.1 Å². The van der Waals surface area contributed by atoms with Crippen LogP contribution in [-0.2, 0) is 11.2 Å². The maximum Gasteiger partial charge on any atom is 0.161 e. The van der Waals surface area contributed by atoms with Crippen molar-refractivity contribution in [2.45, 2.75) is 12.8 Å². The van der Waals surface area contributed by atoms with Gasteiger partial charge in [-0.15, -0.1) is 0 Å². The van der Waals surface area contributed by atoms with Crippen molar-refractivity contribution in [2.24, 2.45) is 0 Å². The van der Waals surface area contributed by atoms with E-state index in [1.54, 1.807) is 0 Å². The lowest BCUT2D eigenvalue weighted by Crippen LogP contribution is -2.40. The molecule has 0 aromatic heterocycles. The Kier molecular flexibility index (Phi) is 4.38. The minimum Gasteiger partial charge on any atom is -0.490 e. The second-order valence-corrected chi connectivity index (χ2v) is 5.47. The lowest BCUT2D eigenvalue weighted by Gasteiger charge is -2.29. The highest BCUT2D eigenvalue weighted by atomic mass is 32.1. The first kappa shape index (κ1) is 13.6. The normalized spacial score (nSPS) is 18.5. The minimum absolute atomic E-state index is 0.713. The Morgan fingerprint density at radius 3 is 2.60 bits per heavy atom. The molecule has 0 N–H and O–H groups in total. The highest BCUT2D eigenvalue weighted by Crippen LogP contribution is 2.30. The Balaban J connectivity index is 1.68. The van der Waals surface area contributed by atoms with Gasteiger partial charge < -0.3 is 19.1 Å².